The number of oxime groups is 3. The molecule has 186 valence electrons. The Labute approximate surface area is 206 Å². The van der Waals surface area contributed by atoms with Gasteiger partial charge in [-0.05, 0) is 48.4 Å². The van der Waals surface area contributed by atoms with Crippen LogP contribution in [0.5, 0.6) is 0 Å². The lowest BCUT2D eigenvalue weighted by Gasteiger charge is -2.02. The van der Waals surface area contributed by atoms with Crippen LogP contribution in [0.15, 0.2) is 73.8 Å². The summed E-state index contributed by atoms with van der Waals surface area (Å²) in [4.78, 5) is -0.222. The Kier molecular flexibility index (Phi) is 10.5. The first-order valence-corrected chi connectivity index (χ1v) is 12.1. The first-order chi connectivity index (χ1) is 16.9. The van der Waals surface area contributed by atoms with Gasteiger partial charge < -0.3 is 10.9 Å². The van der Waals surface area contributed by atoms with Crippen LogP contribution in [-0.4, -0.2) is 39.3 Å². The second-order valence-corrected chi connectivity index (χ2v) is 9.44. The Balaban J connectivity index is 0.000000362. The molecule has 0 bridgehead atoms. The van der Waals surface area contributed by atoms with Gasteiger partial charge in [-0.2, -0.15) is 32.6 Å². The Morgan fingerprint density at radius 2 is 1.17 bits per heavy atom. The molecule has 0 spiro atoms. The number of aryl methyl sites for hydroxylation is 2. The lowest BCUT2D eigenvalue weighted by molar-refractivity contribution is 0.318. The molecule has 0 aliphatic rings. The molecule has 0 fully saturated rings. The Morgan fingerprint density at radius 3 is 1.50 bits per heavy atom. The van der Waals surface area contributed by atoms with Crippen LogP contribution in [0.25, 0.3) is 0 Å². The molecular weight excluding hydrogens is 514 g/mol. The number of amidine groups is 1. The van der Waals surface area contributed by atoms with E-state index in [1.54, 1.807) is 38.1 Å². The third-order valence-electron chi connectivity index (χ3n) is 3.74. The smallest absolute Gasteiger partial charge is 0.358 e. The predicted octanol–water partition coefficient (Wildman–Crippen LogP) is 1.43. The van der Waals surface area contributed by atoms with E-state index in [1.165, 1.54) is 42.5 Å². The van der Waals surface area contributed by atoms with Crippen molar-refractivity contribution in [3.63, 3.8) is 0 Å². The van der Waals surface area contributed by atoms with E-state index in [2.05, 4.69) is 24.0 Å². The van der Waals surface area contributed by atoms with Gasteiger partial charge in [0, 0.05) is 0 Å². The molecule has 0 heterocycles. The molecule has 3 N–H and O–H groups in total. The molecule has 36 heavy (non-hydrogen) atoms. The van der Waals surface area contributed by atoms with Crippen molar-refractivity contribution in [1.29, 1.82) is 15.8 Å². The standard InChI is InChI=1S/C10H10N4O4S.C10H7N3O3S/c1-7-2-4-8(5-3-7)19(16,17)18-14-9(6-11)10(12)13-15;1-8-2-4-10(5-3-8)17(14,15)16-13-9(6-11)7-12/h2-5,15H,1H3,(H2,12,13);2-5H,1H3. The van der Waals surface area contributed by atoms with Gasteiger partial charge in [0.15, 0.2) is 0 Å². The summed E-state index contributed by atoms with van der Waals surface area (Å²) in [6, 6.07) is 15.9. The summed E-state index contributed by atoms with van der Waals surface area (Å²) < 4.78 is 55.0. The molecule has 16 heteroatoms. The first-order valence-electron chi connectivity index (χ1n) is 9.25. The Hall–Kier alpha value is -4.98. The van der Waals surface area contributed by atoms with Gasteiger partial charge in [0.25, 0.3) is 5.71 Å². The molecular formula is C20H17N7O7S2. The highest BCUT2D eigenvalue weighted by molar-refractivity contribution is 7.87. The highest BCUT2D eigenvalue weighted by Crippen LogP contribution is 2.14. The molecule has 0 saturated carbocycles. The number of nitrogens with two attached hydrogens (primary N) is 1. The van der Waals surface area contributed by atoms with Gasteiger partial charge in [-0.1, -0.05) is 40.5 Å². The molecule has 0 aromatic heterocycles. The fourth-order valence-corrected chi connectivity index (χ4v) is 3.36. The number of hydrogen-bond donors (Lipinski definition) is 2. The molecule has 14 nitrogen and oxygen atoms in total. The average Bonchev–Trinajstić information content (AvgIpc) is 2.85. The van der Waals surface area contributed by atoms with E-state index in [0.29, 0.717) is 0 Å². The van der Waals surface area contributed by atoms with Crippen LogP contribution < -0.4 is 5.73 Å². The van der Waals surface area contributed by atoms with Crippen molar-refractivity contribution in [1.82, 2.24) is 0 Å². The summed E-state index contributed by atoms with van der Waals surface area (Å²) in [6.45, 7) is 3.60. The second kappa shape index (κ2) is 13.0. The number of nitrogens with zero attached hydrogens (tertiary/aromatic N) is 6. The summed E-state index contributed by atoms with van der Waals surface area (Å²) in [7, 11) is -8.24. The average molecular weight is 532 g/mol. The van der Waals surface area contributed by atoms with Gasteiger partial charge in [-0.3, -0.25) is 8.57 Å². The predicted molar refractivity (Wildman–Crippen MR) is 124 cm³/mol. The summed E-state index contributed by atoms with van der Waals surface area (Å²) in [5, 5.41) is 42.1. The van der Waals surface area contributed by atoms with Gasteiger partial charge >= 0.3 is 20.2 Å². The van der Waals surface area contributed by atoms with Crippen molar-refractivity contribution in [3.05, 3.63) is 59.7 Å². The van der Waals surface area contributed by atoms with Crippen LogP contribution in [0.2, 0.25) is 0 Å². The van der Waals surface area contributed by atoms with Crippen LogP contribution in [0, 0.1) is 47.8 Å². The van der Waals surface area contributed by atoms with Crippen molar-refractivity contribution in [2.75, 3.05) is 0 Å². The molecule has 0 atom stereocenters. The number of benzene rings is 2. The van der Waals surface area contributed by atoms with Gasteiger partial charge in [0.05, 0.1) is 0 Å². The molecule has 0 unspecified atom stereocenters. The van der Waals surface area contributed by atoms with E-state index in [-0.39, 0.29) is 9.79 Å². The molecule has 0 aliphatic carbocycles. The van der Waals surface area contributed by atoms with Gasteiger partial charge in [-0.15, -0.1) is 0 Å². The maximum absolute atomic E-state index is 11.7. The van der Waals surface area contributed by atoms with Crippen LogP contribution >= 0.6 is 0 Å². The Bertz CT molecular complexity index is 1490. The fourth-order valence-electron chi connectivity index (χ4n) is 1.91. The first kappa shape index (κ1) is 29.1. The minimum atomic E-state index is -4.15. The molecule has 2 aromatic carbocycles. The van der Waals surface area contributed by atoms with Gasteiger partial charge in [0.1, 0.15) is 28.0 Å². The van der Waals surface area contributed by atoms with Gasteiger partial charge in [-0.25, -0.2) is 0 Å². The van der Waals surface area contributed by atoms with E-state index in [1.807, 2.05) is 0 Å². The summed E-state index contributed by atoms with van der Waals surface area (Å²) in [5.41, 5.74) is 5.53. The van der Waals surface area contributed by atoms with E-state index >= 15 is 0 Å². The topological polar surface area (TPSA) is 241 Å². The highest BCUT2D eigenvalue weighted by atomic mass is 32.2. The van der Waals surface area contributed by atoms with Crippen molar-refractivity contribution in [2.24, 2.45) is 21.2 Å². The molecule has 2 rings (SSSR count). The van der Waals surface area contributed by atoms with Crippen LogP contribution in [0.3, 0.4) is 0 Å². The summed E-state index contributed by atoms with van der Waals surface area (Å²) in [5.74, 6) is -0.651. The number of nitriles is 3. The van der Waals surface area contributed by atoms with Crippen molar-refractivity contribution in [3.8, 4) is 18.2 Å². The maximum Gasteiger partial charge on any atom is 0.358 e. The monoisotopic (exact) mass is 531 g/mol. The van der Waals surface area contributed by atoms with E-state index in [0.717, 1.165) is 11.1 Å². The van der Waals surface area contributed by atoms with Crippen LogP contribution in [0.1, 0.15) is 11.1 Å². The van der Waals surface area contributed by atoms with E-state index in [9.17, 15) is 16.8 Å². The fraction of sp³-hybridized carbons (Fsp3) is 0.100. The second-order valence-electron chi connectivity index (χ2n) is 6.38. The zero-order valence-corrected chi connectivity index (χ0v) is 20.2. The normalized spacial score (nSPS) is 11.4. The molecule has 0 saturated heterocycles. The molecule has 2 aromatic rings. The minimum absolute atomic E-state index is 0.0953. The van der Waals surface area contributed by atoms with Crippen molar-refractivity contribution < 1.29 is 30.6 Å². The SMILES string of the molecule is Cc1ccc(S(=O)(=O)ON=C(C#N)C#N)cc1.Cc1ccc(S(=O)(=O)ON=C(C#N)C(N)=NO)cc1. The van der Waals surface area contributed by atoms with Gasteiger partial charge in [0.2, 0.25) is 11.5 Å². The third kappa shape index (κ3) is 8.75. The van der Waals surface area contributed by atoms with Crippen molar-refractivity contribution >= 4 is 37.5 Å². The van der Waals surface area contributed by atoms with Crippen LogP contribution in [-0.2, 0) is 28.8 Å². The van der Waals surface area contributed by atoms with E-state index < -0.39 is 37.5 Å². The zero-order chi connectivity index (χ0) is 27.4. The zero-order valence-electron chi connectivity index (χ0n) is 18.6. The highest BCUT2D eigenvalue weighted by Gasteiger charge is 2.17. The van der Waals surface area contributed by atoms with Crippen LogP contribution in [0.4, 0.5) is 0 Å². The summed E-state index contributed by atoms with van der Waals surface area (Å²) >= 11 is 0. The number of rotatable bonds is 7. The molecule has 0 radical (unpaired) electrons. The lowest BCUT2D eigenvalue weighted by atomic mass is 10.2. The largest absolute Gasteiger partial charge is 0.409 e. The quantitative estimate of drug-likeness (QED) is 0.224. The maximum atomic E-state index is 11.7. The Morgan fingerprint density at radius 1 is 0.778 bits per heavy atom. The van der Waals surface area contributed by atoms with E-state index in [4.69, 9.17) is 26.7 Å². The lowest BCUT2D eigenvalue weighted by Crippen LogP contribution is -2.23. The minimum Gasteiger partial charge on any atom is -0.409 e. The molecule has 0 aliphatic heterocycles. The number of hydrogen-bond acceptors (Lipinski definition) is 13. The molecule has 0 amide bonds. The van der Waals surface area contributed by atoms with Crippen molar-refractivity contribution in [2.45, 2.75) is 23.6 Å². The summed E-state index contributed by atoms with van der Waals surface area (Å²) in [6.07, 6.45) is 0. The third-order valence-corrected chi connectivity index (χ3v) is 5.98.